The van der Waals surface area contributed by atoms with Crippen LogP contribution in [-0.2, 0) is 20.4 Å². The predicted octanol–water partition coefficient (Wildman–Crippen LogP) is 2.95. The minimum Gasteiger partial charge on any atom is -0.657 e. The quantitative estimate of drug-likeness (QED) is 0.607. The second-order valence-corrected chi connectivity index (χ2v) is 3.15. The van der Waals surface area contributed by atoms with E-state index in [1.807, 2.05) is 12.1 Å². The molecule has 14 heavy (non-hydrogen) atoms. The average molecular weight is 352 g/mol. The van der Waals surface area contributed by atoms with E-state index in [4.69, 9.17) is 0 Å². The van der Waals surface area contributed by atoms with Crippen molar-refractivity contribution in [2.24, 2.45) is 0 Å². The van der Waals surface area contributed by atoms with Crippen molar-refractivity contribution in [3.63, 3.8) is 0 Å². The maximum atomic E-state index is 4.52. The molecule has 1 radical (unpaired) electrons. The van der Waals surface area contributed by atoms with Gasteiger partial charge in [-0.25, -0.2) is 0 Å². The standard InChI is InChI=1S/C12H8N.Re/c1-3-7-11-9(5-1)10-6-2-4-8-12(10)13-11;/h1-8H;/q-1;. The Morgan fingerprint density at radius 1 is 0.643 bits per heavy atom. The van der Waals surface area contributed by atoms with Gasteiger partial charge in [-0.15, -0.1) is 11.0 Å². The summed E-state index contributed by atoms with van der Waals surface area (Å²) in [5, 5.41) is 2.50. The van der Waals surface area contributed by atoms with Crippen LogP contribution in [0.1, 0.15) is 0 Å². The molecule has 3 rings (SSSR count). The zero-order valence-corrected chi connectivity index (χ0v) is 10.2. The molecule has 69 valence electrons. The average Bonchev–Trinajstić information content (AvgIpc) is 2.56. The molecule has 1 aromatic heterocycles. The molecule has 0 aliphatic heterocycles. The van der Waals surface area contributed by atoms with Crippen molar-refractivity contribution in [3.8, 4) is 0 Å². The molecule has 0 aliphatic carbocycles. The Morgan fingerprint density at radius 2 is 1.07 bits per heavy atom. The normalized spacial score (nSPS) is 10.3. The van der Waals surface area contributed by atoms with E-state index >= 15 is 0 Å². The van der Waals surface area contributed by atoms with Gasteiger partial charge < -0.3 is 4.98 Å². The van der Waals surface area contributed by atoms with Crippen LogP contribution in [-0.4, -0.2) is 0 Å². The molecule has 0 aliphatic rings. The molecular weight excluding hydrogens is 344 g/mol. The Hall–Kier alpha value is -1.10. The third-order valence-corrected chi connectivity index (χ3v) is 2.34. The summed E-state index contributed by atoms with van der Waals surface area (Å²) >= 11 is 0. The van der Waals surface area contributed by atoms with Crippen LogP contribution in [0.2, 0.25) is 0 Å². The third-order valence-electron chi connectivity index (χ3n) is 2.34. The van der Waals surface area contributed by atoms with Crippen molar-refractivity contribution in [1.29, 1.82) is 0 Å². The van der Waals surface area contributed by atoms with Gasteiger partial charge in [-0.2, -0.15) is 0 Å². The van der Waals surface area contributed by atoms with Gasteiger partial charge in [0.25, 0.3) is 0 Å². The molecule has 0 spiro atoms. The van der Waals surface area contributed by atoms with E-state index in [0.29, 0.717) is 0 Å². The maximum Gasteiger partial charge on any atom is 0 e. The molecule has 0 saturated heterocycles. The van der Waals surface area contributed by atoms with E-state index in [9.17, 15) is 0 Å². The van der Waals surface area contributed by atoms with Crippen molar-refractivity contribution >= 4 is 21.8 Å². The molecule has 0 saturated carbocycles. The minimum atomic E-state index is 0. The Labute approximate surface area is 95.8 Å². The van der Waals surface area contributed by atoms with Crippen LogP contribution in [0.4, 0.5) is 0 Å². The van der Waals surface area contributed by atoms with Gasteiger partial charge in [-0.1, -0.05) is 48.5 Å². The topological polar surface area (TPSA) is 14.1 Å². The molecule has 0 fully saturated rings. The molecule has 0 atom stereocenters. The molecule has 0 amide bonds. The number of rotatable bonds is 0. The zero-order valence-electron chi connectivity index (χ0n) is 7.44. The monoisotopic (exact) mass is 353 g/mol. The van der Waals surface area contributed by atoms with Gasteiger partial charge in [0.05, 0.1) is 0 Å². The van der Waals surface area contributed by atoms with Gasteiger partial charge in [0.1, 0.15) is 0 Å². The van der Waals surface area contributed by atoms with Gasteiger partial charge in [-0.05, 0) is 10.8 Å². The molecule has 3 aromatic rings. The zero-order chi connectivity index (χ0) is 8.67. The van der Waals surface area contributed by atoms with E-state index < -0.39 is 0 Å². The first-order chi connectivity index (χ1) is 6.45. The second-order valence-electron chi connectivity index (χ2n) is 3.15. The fraction of sp³-hybridized carbons (Fsp3) is 0. The number of nitrogens with zero attached hydrogens (tertiary/aromatic N) is 1. The van der Waals surface area contributed by atoms with Gasteiger partial charge >= 0.3 is 0 Å². The summed E-state index contributed by atoms with van der Waals surface area (Å²) in [7, 11) is 0. The second kappa shape index (κ2) is 3.57. The summed E-state index contributed by atoms with van der Waals surface area (Å²) in [4.78, 5) is 4.52. The van der Waals surface area contributed by atoms with Crippen LogP contribution < -0.4 is 4.98 Å². The first-order valence-corrected chi connectivity index (χ1v) is 4.35. The summed E-state index contributed by atoms with van der Waals surface area (Å²) in [5.74, 6) is 0. The predicted molar refractivity (Wildman–Crippen MR) is 54.8 cm³/mol. The van der Waals surface area contributed by atoms with Crippen molar-refractivity contribution < 1.29 is 20.4 Å². The van der Waals surface area contributed by atoms with Crippen molar-refractivity contribution in [1.82, 2.24) is 4.98 Å². The largest absolute Gasteiger partial charge is 0.657 e. The fourth-order valence-corrected chi connectivity index (χ4v) is 1.73. The van der Waals surface area contributed by atoms with E-state index in [0.717, 1.165) is 11.0 Å². The summed E-state index contributed by atoms with van der Waals surface area (Å²) in [6, 6.07) is 16.5. The first-order valence-electron chi connectivity index (χ1n) is 4.35. The van der Waals surface area contributed by atoms with Crippen molar-refractivity contribution in [3.05, 3.63) is 48.5 Å². The molecule has 2 aromatic carbocycles. The van der Waals surface area contributed by atoms with E-state index in [1.165, 1.54) is 10.8 Å². The molecule has 0 bridgehead atoms. The van der Waals surface area contributed by atoms with E-state index in [2.05, 4.69) is 41.4 Å². The van der Waals surface area contributed by atoms with Gasteiger partial charge in [-0.3, -0.25) is 0 Å². The summed E-state index contributed by atoms with van der Waals surface area (Å²) < 4.78 is 0. The summed E-state index contributed by atoms with van der Waals surface area (Å²) in [6.45, 7) is 0. The van der Waals surface area contributed by atoms with Crippen LogP contribution in [0.15, 0.2) is 48.5 Å². The van der Waals surface area contributed by atoms with Crippen LogP contribution >= 0.6 is 0 Å². The first kappa shape index (κ1) is 9.46. The fourth-order valence-electron chi connectivity index (χ4n) is 1.73. The Bertz CT molecular complexity index is 518. The number of hydrogen-bond acceptors (Lipinski definition) is 0. The SMILES string of the molecule is [Re].c1ccc2c(c1)[n-]c1ccccc12. The minimum absolute atomic E-state index is 0. The van der Waals surface area contributed by atoms with E-state index in [1.54, 1.807) is 0 Å². The molecule has 0 unspecified atom stereocenters. The number of fused-ring (bicyclic) bond motifs is 3. The summed E-state index contributed by atoms with van der Waals surface area (Å²) in [6.07, 6.45) is 0. The molecule has 0 N–H and O–H groups in total. The van der Waals surface area contributed by atoms with Crippen LogP contribution in [0, 0.1) is 0 Å². The molecule has 1 nitrogen and oxygen atoms in total. The third kappa shape index (κ3) is 1.28. The molecule has 1 heterocycles. The Kier molecular flexibility index (Phi) is 2.41. The van der Waals surface area contributed by atoms with Crippen LogP contribution in [0.25, 0.3) is 21.8 Å². The number of hydrogen-bond donors (Lipinski definition) is 0. The number of para-hydroxylation sites is 2. The smallest absolute Gasteiger partial charge is 0 e. The number of benzene rings is 2. The van der Waals surface area contributed by atoms with Gasteiger partial charge in [0, 0.05) is 20.4 Å². The Morgan fingerprint density at radius 3 is 1.57 bits per heavy atom. The van der Waals surface area contributed by atoms with Crippen molar-refractivity contribution in [2.45, 2.75) is 0 Å². The van der Waals surface area contributed by atoms with E-state index in [-0.39, 0.29) is 20.4 Å². The van der Waals surface area contributed by atoms with Gasteiger partial charge in [0.15, 0.2) is 0 Å². The maximum absolute atomic E-state index is 4.52. The Balaban J connectivity index is 0.000000750. The van der Waals surface area contributed by atoms with Gasteiger partial charge in [0.2, 0.25) is 0 Å². The van der Waals surface area contributed by atoms with Crippen LogP contribution in [0.5, 0.6) is 0 Å². The molecule has 2 heteroatoms. The molecular formula is C12H8NRe-. The summed E-state index contributed by atoms with van der Waals surface area (Å²) in [5.41, 5.74) is 2.17. The van der Waals surface area contributed by atoms with Crippen molar-refractivity contribution in [2.75, 3.05) is 0 Å². The van der Waals surface area contributed by atoms with Crippen LogP contribution in [0.3, 0.4) is 0 Å². The number of aromatic nitrogens is 1.